The molecule has 1 aliphatic carbocycles. The van der Waals surface area contributed by atoms with Crippen LogP contribution in [-0.2, 0) is 12.8 Å². The molecule has 1 aliphatic heterocycles. The maximum absolute atomic E-state index is 12.9. The number of carbonyl (C=O) groups is 1. The molecule has 0 bridgehead atoms. The molecular weight excluding hydrogens is 348 g/mol. The summed E-state index contributed by atoms with van der Waals surface area (Å²) >= 11 is 1.77. The molecule has 1 amide bonds. The molecule has 0 N–H and O–H groups in total. The van der Waals surface area contributed by atoms with Gasteiger partial charge in [-0.15, -0.1) is 16.4 Å². The summed E-state index contributed by atoms with van der Waals surface area (Å²) in [6, 6.07) is 0. The summed E-state index contributed by atoms with van der Waals surface area (Å²) in [6.45, 7) is 6.49. The first kappa shape index (κ1) is 16.1. The number of rotatable bonds is 2. The van der Waals surface area contributed by atoms with Crippen LogP contribution >= 0.6 is 11.3 Å². The minimum Gasteiger partial charge on any atom is -0.333 e. The quantitative estimate of drug-likeness (QED) is 0.690. The third-order valence-corrected chi connectivity index (χ3v) is 6.79. The van der Waals surface area contributed by atoms with Crippen molar-refractivity contribution in [3.8, 4) is 0 Å². The van der Waals surface area contributed by atoms with Gasteiger partial charge in [0.25, 0.3) is 5.91 Å². The van der Waals surface area contributed by atoms with Gasteiger partial charge in [0.2, 0.25) is 5.82 Å². The average Bonchev–Trinajstić information content (AvgIpc) is 3.28. The van der Waals surface area contributed by atoms with E-state index in [0.717, 1.165) is 61.4 Å². The van der Waals surface area contributed by atoms with Crippen molar-refractivity contribution in [2.45, 2.75) is 32.6 Å². The number of carbonyl (C=O) groups excluding carboxylic acids is 1. The van der Waals surface area contributed by atoms with E-state index >= 15 is 0 Å². The molecule has 8 heteroatoms. The van der Waals surface area contributed by atoms with Crippen molar-refractivity contribution in [3.05, 3.63) is 22.6 Å². The van der Waals surface area contributed by atoms with Crippen LogP contribution in [0, 0.1) is 0 Å². The Labute approximate surface area is 155 Å². The predicted molar refractivity (Wildman–Crippen MR) is 101 cm³/mol. The lowest BCUT2D eigenvalue weighted by Gasteiger charge is -2.33. The molecule has 3 aromatic heterocycles. The first-order valence-corrected chi connectivity index (χ1v) is 10.2. The van der Waals surface area contributed by atoms with Crippen molar-refractivity contribution < 1.29 is 4.79 Å². The van der Waals surface area contributed by atoms with Gasteiger partial charge >= 0.3 is 0 Å². The SMILES string of the molecule is CCN1CCN(C(=O)c2nc3c4c5c(sc4ncn3n2)CCCC5)CC1. The molecule has 0 spiro atoms. The molecule has 1 saturated heterocycles. The molecule has 136 valence electrons. The largest absolute Gasteiger partial charge is 0.333 e. The number of fused-ring (bicyclic) bond motifs is 5. The number of amides is 1. The summed E-state index contributed by atoms with van der Waals surface area (Å²) in [5.74, 6) is 0.224. The Balaban J connectivity index is 1.52. The Hall–Kier alpha value is -2.06. The smallest absolute Gasteiger partial charge is 0.293 e. The third kappa shape index (κ3) is 2.51. The molecule has 0 unspecified atom stereocenters. The van der Waals surface area contributed by atoms with Crippen molar-refractivity contribution in [3.63, 3.8) is 0 Å². The van der Waals surface area contributed by atoms with Crippen molar-refractivity contribution in [2.75, 3.05) is 32.7 Å². The summed E-state index contributed by atoms with van der Waals surface area (Å²) in [6.07, 6.45) is 6.35. The van der Waals surface area contributed by atoms with Gasteiger partial charge in [-0.2, -0.15) is 0 Å². The summed E-state index contributed by atoms with van der Waals surface area (Å²) < 4.78 is 1.68. The van der Waals surface area contributed by atoms with Gasteiger partial charge in [0.15, 0.2) is 5.65 Å². The first-order valence-electron chi connectivity index (χ1n) is 9.42. The van der Waals surface area contributed by atoms with Gasteiger partial charge in [0, 0.05) is 31.1 Å². The average molecular weight is 370 g/mol. The number of thiophene rings is 1. The molecule has 3 aromatic rings. The monoisotopic (exact) mass is 370 g/mol. The number of hydrogen-bond acceptors (Lipinski definition) is 6. The molecule has 0 radical (unpaired) electrons. The van der Waals surface area contributed by atoms with Crippen LogP contribution in [0.4, 0.5) is 0 Å². The summed E-state index contributed by atoms with van der Waals surface area (Å²) in [5.41, 5.74) is 2.15. The Kier molecular flexibility index (Phi) is 3.90. The molecular formula is C18H22N6OS. The Morgan fingerprint density at radius 2 is 2.00 bits per heavy atom. The highest BCUT2D eigenvalue weighted by molar-refractivity contribution is 7.19. The van der Waals surface area contributed by atoms with E-state index in [4.69, 9.17) is 0 Å². The topological polar surface area (TPSA) is 66.6 Å². The van der Waals surface area contributed by atoms with E-state index in [0.29, 0.717) is 5.82 Å². The molecule has 0 atom stereocenters. The van der Waals surface area contributed by atoms with E-state index in [1.165, 1.54) is 23.3 Å². The minimum atomic E-state index is -0.0679. The van der Waals surface area contributed by atoms with Crippen LogP contribution in [0.1, 0.15) is 40.8 Å². The second kappa shape index (κ2) is 6.28. The van der Waals surface area contributed by atoms with E-state index < -0.39 is 0 Å². The van der Waals surface area contributed by atoms with E-state index in [1.807, 2.05) is 4.90 Å². The number of nitrogens with zero attached hydrogens (tertiary/aromatic N) is 6. The number of hydrogen-bond donors (Lipinski definition) is 0. The van der Waals surface area contributed by atoms with Crippen LogP contribution in [0.5, 0.6) is 0 Å². The first-order chi connectivity index (χ1) is 12.7. The van der Waals surface area contributed by atoms with Crippen molar-refractivity contribution in [1.29, 1.82) is 0 Å². The van der Waals surface area contributed by atoms with E-state index in [2.05, 4.69) is 26.9 Å². The molecule has 26 heavy (non-hydrogen) atoms. The second-order valence-corrected chi connectivity index (χ2v) is 8.15. The Bertz CT molecular complexity index is 985. The van der Waals surface area contributed by atoms with E-state index in [1.54, 1.807) is 22.2 Å². The normalized spacial score (nSPS) is 18.6. The van der Waals surface area contributed by atoms with Crippen LogP contribution in [0.15, 0.2) is 6.33 Å². The standard InChI is InChI=1S/C18H22N6OS/c1-2-22-7-9-23(10-8-22)18(25)15-20-16-14-12-5-3-4-6-13(12)26-17(14)19-11-24(16)21-15/h11H,2-10H2,1H3. The van der Waals surface area contributed by atoms with E-state index in [-0.39, 0.29) is 5.91 Å². The molecule has 7 nitrogen and oxygen atoms in total. The highest BCUT2D eigenvalue weighted by Gasteiger charge is 2.26. The van der Waals surface area contributed by atoms with Gasteiger partial charge in [-0.05, 0) is 37.8 Å². The van der Waals surface area contributed by atoms with E-state index in [9.17, 15) is 4.79 Å². The summed E-state index contributed by atoms with van der Waals surface area (Å²) in [5, 5.41) is 5.55. The third-order valence-electron chi connectivity index (χ3n) is 5.59. The van der Waals surface area contributed by atoms with Gasteiger partial charge < -0.3 is 9.80 Å². The second-order valence-electron chi connectivity index (χ2n) is 7.07. The fourth-order valence-corrected chi connectivity index (χ4v) is 5.28. The zero-order valence-corrected chi connectivity index (χ0v) is 15.8. The van der Waals surface area contributed by atoms with Crippen LogP contribution < -0.4 is 0 Å². The fourth-order valence-electron chi connectivity index (χ4n) is 4.05. The minimum absolute atomic E-state index is 0.0679. The molecule has 5 rings (SSSR count). The van der Waals surface area contributed by atoms with Crippen LogP contribution in [0.2, 0.25) is 0 Å². The van der Waals surface area contributed by atoms with Gasteiger partial charge in [-0.25, -0.2) is 14.5 Å². The summed E-state index contributed by atoms with van der Waals surface area (Å²) in [7, 11) is 0. The lowest BCUT2D eigenvalue weighted by molar-refractivity contribution is 0.0631. The molecule has 4 heterocycles. The number of aryl methyl sites for hydroxylation is 2. The zero-order valence-electron chi connectivity index (χ0n) is 14.9. The maximum atomic E-state index is 12.9. The highest BCUT2D eigenvalue weighted by atomic mass is 32.1. The molecule has 0 saturated carbocycles. The highest BCUT2D eigenvalue weighted by Crippen LogP contribution is 2.36. The van der Waals surface area contributed by atoms with Gasteiger partial charge in [-0.1, -0.05) is 6.92 Å². The van der Waals surface area contributed by atoms with Crippen LogP contribution in [-0.4, -0.2) is 68.0 Å². The number of aromatic nitrogens is 4. The maximum Gasteiger partial charge on any atom is 0.293 e. The fraction of sp³-hybridized carbons (Fsp3) is 0.556. The predicted octanol–water partition coefficient (Wildman–Crippen LogP) is 2.00. The molecule has 1 fully saturated rings. The Morgan fingerprint density at radius 1 is 1.19 bits per heavy atom. The lowest BCUT2D eigenvalue weighted by Crippen LogP contribution is -2.48. The van der Waals surface area contributed by atoms with Crippen LogP contribution in [0.25, 0.3) is 15.9 Å². The zero-order chi connectivity index (χ0) is 17.7. The van der Waals surface area contributed by atoms with Crippen molar-refractivity contribution in [1.82, 2.24) is 29.4 Å². The number of likely N-dealkylation sites (N-methyl/N-ethyl adjacent to an activating group) is 1. The van der Waals surface area contributed by atoms with Crippen molar-refractivity contribution >= 4 is 33.1 Å². The summed E-state index contributed by atoms with van der Waals surface area (Å²) in [4.78, 5) is 28.8. The van der Waals surface area contributed by atoms with Crippen molar-refractivity contribution in [2.24, 2.45) is 0 Å². The van der Waals surface area contributed by atoms with Gasteiger partial charge in [0.1, 0.15) is 11.2 Å². The molecule has 0 aromatic carbocycles. The Morgan fingerprint density at radius 3 is 2.81 bits per heavy atom. The molecule has 2 aliphatic rings. The lowest BCUT2D eigenvalue weighted by atomic mass is 9.97. The van der Waals surface area contributed by atoms with Gasteiger partial charge in [0.05, 0.1) is 5.39 Å². The van der Waals surface area contributed by atoms with Gasteiger partial charge in [-0.3, -0.25) is 4.79 Å². The van der Waals surface area contributed by atoms with Crippen LogP contribution in [0.3, 0.4) is 0 Å². The number of piperazine rings is 1.